The Bertz CT molecular complexity index is 896. The van der Waals surface area contributed by atoms with E-state index in [4.69, 9.17) is 0 Å². The van der Waals surface area contributed by atoms with Crippen LogP contribution in [-0.4, -0.2) is 16.0 Å². The van der Waals surface area contributed by atoms with Crippen molar-refractivity contribution in [2.45, 2.75) is 50.4 Å². The molecule has 28 heavy (non-hydrogen) atoms. The van der Waals surface area contributed by atoms with Crippen LogP contribution in [0.1, 0.15) is 61.5 Å². The van der Waals surface area contributed by atoms with Gasteiger partial charge in [0.05, 0.1) is 0 Å². The quantitative estimate of drug-likeness (QED) is 0.736. The Labute approximate surface area is 165 Å². The highest BCUT2D eigenvalue weighted by Gasteiger charge is 2.77. The van der Waals surface area contributed by atoms with Crippen LogP contribution in [0.3, 0.4) is 0 Å². The summed E-state index contributed by atoms with van der Waals surface area (Å²) in [5.41, 5.74) is 1.84. The van der Waals surface area contributed by atoms with Gasteiger partial charge in [0.2, 0.25) is 0 Å². The second-order valence-corrected chi connectivity index (χ2v) is 9.66. The second kappa shape index (κ2) is 5.40. The van der Waals surface area contributed by atoms with Gasteiger partial charge >= 0.3 is 0 Å². The summed E-state index contributed by atoms with van der Waals surface area (Å²) in [6.45, 7) is 0. The first kappa shape index (κ1) is 16.6. The monoisotopic (exact) mass is 374 g/mol. The average Bonchev–Trinajstić information content (AvgIpc) is 3.54. The van der Waals surface area contributed by atoms with E-state index in [2.05, 4.69) is 12.1 Å². The number of ketones is 1. The molecule has 4 atom stereocenters. The third kappa shape index (κ3) is 2.25. The number of phenols is 2. The van der Waals surface area contributed by atoms with E-state index in [0.717, 1.165) is 24.0 Å². The molecule has 0 saturated heterocycles. The Morgan fingerprint density at radius 2 is 1.18 bits per heavy atom. The van der Waals surface area contributed by atoms with E-state index in [1.165, 1.54) is 25.7 Å². The van der Waals surface area contributed by atoms with Crippen LogP contribution in [0.25, 0.3) is 0 Å². The molecule has 4 aliphatic rings. The van der Waals surface area contributed by atoms with Crippen molar-refractivity contribution < 1.29 is 15.0 Å². The molecule has 3 heteroatoms. The van der Waals surface area contributed by atoms with Gasteiger partial charge in [-0.2, -0.15) is 0 Å². The first-order valence-electron chi connectivity index (χ1n) is 10.7. The van der Waals surface area contributed by atoms with Gasteiger partial charge in [0.25, 0.3) is 0 Å². The van der Waals surface area contributed by atoms with Gasteiger partial charge in [0, 0.05) is 10.8 Å². The van der Waals surface area contributed by atoms with Crippen LogP contribution >= 0.6 is 0 Å². The maximum atomic E-state index is 14.2. The number of carbonyl (C=O) groups is 1. The lowest BCUT2D eigenvalue weighted by atomic mass is 9.76. The van der Waals surface area contributed by atoms with Gasteiger partial charge in [-0.3, -0.25) is 4.79 Å². The molecule has 2 aromatic carbocycles. The first-order valence-corrected chi connectivity index (χ1v) is 10.7. The van der Waals surface area contributed by atoms with Crippen LogP contribution in [0.2, 0.25) is 0 Å². The van der Waals surface area contributed by atoms with Gasteiger partial charge in [-0.15, -0.1) is 0 Å². The number of aromatic hydroxyl groups is 2. The zero-order valence-corrected chi connectivity index (χ0v) is 16.0. The molecule has 144 valence electrons. The average molecular weight is 374 g/mol. The number of hydrogen-bond acceptors (Lipinski definition) is 3. The fourth-order valence-electron chi connectivity index (χ4n) is 6.28. The number of carbonyl (C=O) groups excluding carboxylic acids is 1. The molecule has 4 aliphatic carbocycles. The van der Waals surface area contributed by atoms with E-state index >= 15 is 0 Å². The Morgan fingerprint density at radius 1 is 0.750 bits per heavy atom. The van der Waals surface area contributed by atoms with Gasteiger partial charge < -0.3 is 10.2 Å². The summed E-state index contributed by atoms with van der Waals surface area (Å²) in [6.07, 6.45) is 6.55. The lowest BCUT2D eigenvalue weighted by Gasteiger charge is -2.25. The van der Waals surface area contributed by atoms with Crippen molar-refractivity contribution in [2.75, 3.05) is 0 Å². The summed E-state index contributed by atoms with van der Waals surface area (Å²) in [6, 6.07) is 15.1. The van der Waals surface area contributed by atoms with Crippen molar-refractivity contribution >= 4 is 5.78 Å². The zero-order chi connectivity index (χ0) is 19.1. The predicted octanol–water partition coefficient (Wildman–Crippen LogP) is 5.13. The van der Waals surface area contributed by atoms with Crippen LogP contribution in [-0.2, 0) is 4.79 Å². The van der Waals surface area contributed by atoms with Gasteiger partial charge in [0.1, 0.15) is 17.3 Å². The molecule has 3 nitrogen and oxygen atoms in total. The maximum absolute atomic E-state index is 14.2. The van der Waals surface area contributed by atoms with E-state index < -0.39 is 0 Å². The minimum atomic E-state index is -0.206. The molecule has 0 spiro atoms. The van der Waals surface area contributed by atoms with E-state index in [1.54, 1.807) is 12.1 Å². The maximum Gasteiger partial charge on any atom is 0.146 e. The summed E-state index contributed by atoms with van der Waals surface area (Å²) >= 11 is 0. The topological polar surface area (TPSA) is 57.5 Å². The SMILES string of the molecule is O=C(C1(C2CC2)CC1c1cccc(O)c1)C1(C2CC2)CC1c1cccc(O)c1. The molecule has 0 aliphatic heterocycles. The van der Waals surface area contributed by atoms with Crippen molar-refractivity contribution in [3.8, 4) is 11.5 Å². The molecular formula is C25H26O3. The van der Waals surface area contributed by atoms with Crippen molar-refractivity contribution in [1.82, 2.24) is 0 Å². The third-order valence-corrected chi connectivity index (χ3v) is 8.01. The number of rotatable bonds is 6. The Kier molecular flexibility index (Phi) is 3.21. The van der Waals surface area contributed by atoms with Crippen molar-refractivity contribution in [1.29, 1.82) is 0 Å². The molecule has 0 bridgehead atoms. The summed E-state index contributed by atoms with van der Waals surface area (Å²) < 4.78 is 0. The summed E-state index contributed by atoms with van der Waals surface area (Å²) in [4.78, 5) is 14.2. The molecule has 0 amide bonds. The van der Waals surface area contributed by atoms with E-state index in [9.17, 15) is 15.0 Å². The Hall–Kier alpha value is -2.29. The van der Waals surface area contributed by atoms with Gasteiger partial charge in [-0.1, -0.05) is 24.3 Å². The molecule has 2 N–H and O–H groups in total. The molecule has 4 fully saturated rings. The minimum Gasteiger partial charge on any atom is -0.508 e. The Morgan fingerprint density at radius 3 is 1.54 bits per heavy atom. The molecule has 2 aromatic rings. The van der Waals surface area contributed by atoms with Gasteiger partial charge in [-0.25, -0.2) is 0 Å². The van der Waals surface area contributed by atoms with Crippen LogP contribution in [0.5, 0.6) is 11.5 Å². The molecule has 4 unspecified atom stereocenters. The van der Waals surface area contributed by atoms with E-state index in [-0.39, 0.29) is 22.7 Å². The smallest absolute Gasteiger partial charge is 0.146 e. The summed E-state index contributed by atoms with van der Waals surface area (Å²) in [5, 5.41) is 19.9. The molecule has 4 saturated carbocycles. The number of phenolic OH excluding ortho intramolecular Hbond substituents is 2. The summed E-state index contributed by atoms with van der Waals surface area (Å²) in [5.74, 6) is 2.67. The Balaban J connectivity index is 1.36. The van der Waals surface area contributed by atoms with Crippen molar-refractivity contribution in [2.24, 2.45) is 22.7 Å². The molecule has 6 rings (SSSR count). The highest BCUT2D eigenvalue weighted by molar-refractivity contribution is 5.99. The molecular weight excluding hydrogens is 348 g/mol. The van der Waals surface area contributed by atoms with Crippen LogP contribution in [0.15, 0.2) is 48.5 Å². The predicted molar refractivity (Wildman–Crippen MR) is 106 cm³/mol. The lowest BCUT2D eigenvalue weighted by Crippen LogP contribution is -2.32. The normalized spacial score (nSPS) is 36.1. The third-order valence-electron chi connectivity index (χ3n) is 8.01. The molecule has 0 radical (unpaired) electrons. The highest BCUT2D eigenvalue weighted by Crippen LogP contribution is 2.79. The van der Waals surface area contributed by atoms with E-state index in [1.807, 2.05) is 24.3 Å². The second-order valence-electron chi connectivity index (χ2n) is 9.66. The van der Waals surface area contributed by atoms with Crippen LogP contribution in [0, 0.1) is 22.7 Å². The number of Topliss-reactive ketones (excluding diaryl/α,β-unsaturated/α-hetero) is 1. The largest absolute Gasteiger partial charge is 0.508 e. The molecule has 0 heterocycles. The lowest BCUT2D eigenvalue weighted by molar-refractivity contribution is -0.131. The van der Waals surface area contributed by atoms with Gasteiger partial charge in [0.15, 0.2) is 0 Å². The summed E-state index contributed by atoms with van der Waals surface area (Å²) in [7, 11) is 0. The fraction of sp³-hybridized carbons (Fsp3) is 0.480. The standard InChI is InChI=1S/C25H26O3/c26-19-5-1-3-15(11-19)21-13-24(21,17-7-8-17)23(28)25(18-9-10-18)14-22(25)16-4-2-6-20(27)12-16/h1-6,11-12,17-18,21-22,26-27H,7-10,13-14H2. The zero-order valence-electron chi connectivity index (χ0n) is 16.0. The van der Waals surface area contributed by atoms with Gasteiger partial charge in [-0.05, 0) is 97.6 Å². The van der Waals surface area contributed by atoms with E-state index in [0.29, 0.717) is 29.1 Å². The van der Waals surface area contributed by atoms with Crippen LogP contribution in [0.4, 0.5) is 0 Å². The van der Waals surface area contributed by atoms with Crippen LogP contribution < -0.4 is 0 Å². The van der Waals surface area contributed by atoms with Crippen molar-refractivity contribution in [3.05, 3.63) is 59.7 Å². The fourth-order valence-corrected chi connectivity index (χ4v) is 6.28. The highest BCUT2D eigenvalue weighted by atomic mass is 16.3. The number of benzene rings is 2. The van der Waals surface area contributed by atoms with Crippen molar-refractivity contribution in [3.63, 3.8) is 0 Å². The number of hydrogen-bond donors (Lipinski definition) is 2. The first-order chi connectivity index (χ1) is 13.6. The minimum absolute atomic E-state index is 0.206. The molecule has 0 aromatic heterocycles.